The number of ether oxygens (including phenoxy) is 3. The van der Waals surface area contributed by atoms with Gasteiger partial charge in [0.05, 0.1) is 30.4 Å². The number of anilines is 1. The largest absolute Gasteiger partial charge is 0.494 e. The summed E-state index contributed by atoms with van der Waals surface area (Å²) in [4.78, 5) is 25.2. The van der Waals surface area contributed by atoms with Gasteiger partial charge in [-0.1, -0.05) is 0 Å². The number of fused-ring (bicyclic) bond motifs is 1. The summed E-state index contributed by atoms with van der Waals surface area (Å²) in [5.74, 6) is 1.19. The highest BCUT2D eigenvalue weighted by atomic mass is 16.6. The Hall–Kier alpha value is -3.29. The Morgan fingerprint density at radius 2 is 1.81 bits per heavy atom. The number of rotatable bonds is 6. The lowest BCUT2D eigenvalue weighted by molar-refractivity contribution is -0.384. The molecular weight excluding hydrogens is 352 g/mol. The molecule has 0 bridgehead atoms. The van der Waals surface area contributed by atoms with E-state index in [1.807, 2.05) is 13.8 Å². The zero-order chi connectivity index (χ0) is 19.4. The summed E-state index contributed by atoms with van der Waals surface area (Å²) >= 11 is 0. The molecule has 0 aliphatic carbocycles. The molecule has 2 aromatic rings. The summed E-state index contributed by atoms with van der Waals surface area (Å²) in [7, 11) is 0. The van der Waals surface area contributed by atoms with E-state index < -0.39 is 4.92 Å². The number of nitrogens with zero attached hydrogens (tertiary/aromatic N) is 2. The van der Waals surface area contributed by atoms with Crippen molar-refractivity contribution in [2.75, 3.05) is 31.3 Å². The van der Waals surface area contributed by atoms with Crippen LogP contribution in [0.5, 0.6) is 17.2 Å². The molecular formula is C19H20N2O6. The first-order valence-corrected chi connectivity index (χ1v) is 8.67. The van der Waals surface area contributed by atoms with Crippen LogP contribution in [0.4, 0.5) is 11.4 Å². The van der Waals surface area contributed by atoms with Crippen LogP contribution in [-0.4, -0.2) is 37.2 Å². The fourth-order valence-corrected chi connectivity index (χ4v) is 2.88. The maximum absolute atomic E-state index is 13.1. The fourth-order valence-electron chi connectivity index (χ4n) is 2.88. The van der Waals surface area contributed by atoms with Crippen LogP contribution < -0.4 is 19.1 Å². The molecule has 2 aromatic carbocycles. The molecule has 3 rings (SSSR count). The number of nitro groups is 1. The molecule has 142 valence electrons. The van der Waals surface area contributed by atoms with Crippen molar-refractivity contribution in [1.82, 2.24) is 0 Å². The van der Waals surface area contributed by atoms with Crippen molar-refractivity contribution < 1.29 is 23.9 Å². The van der Waals surface area contributed by atoms with Gasteiger partial charge < -0.3 is 19.1 Å². The van der Waals surface area contributed by atoms with Crippen molar-refractivity contribution in [3.05, 3.63) is 52.1 Å². The third kappa shape index (κ3) is 3.94. The van der Waals surface area contributed by atoms with E-state index in [1.165, 1.54) is 23.1 Å². The molecule has 1 aliphatic heterocycles. The molecule has 0 atom stereocenters. The first-order chi connectivity index (χ1) is 13.0. The van der Waals surface area contributed by atoms with Gasteiger partial charge in [-0.05, 0) is 32.0 Å². The van der Waals surface area contributed by atoms with E-state index in [0.29, 0.717) is 48.3 Å². The van der Waals surface area contributed by atoms with Crippen LogP contribution in [0.1, 0.15) is 24.2 Å². The van der Waals surface area contributed by atoms with E-state index in [9.17, 15) is 14.9 Å². The number of amides is 1. The fraction of sp³-hybridized carbons (Fsp3) is 0.316. The minimum atomic E-state index is -0.500. The summed E-state index contributed by atoms with van der Waals surface area (Å²) in [5, 5.41) is 11.1. The Labute approximate surface area is 156 Å². The molecule has 0 N–H and O–H groups in total. The second-order valence-electron chi connectivity index (χ2n) is 5.77. The van der Waals surface area contributed by atoms with E-state index in [2.05, 4.69) is 0 Å². The smallest absolute Gasteiger partial charge is 0.271 e. The van der Waals surface area contributed by atoms with Gasteiger partial charge in [0.2, 0.25) is 0 Å². The predicted octanol–water partition coefficient (Wildman–Crippen LogP) is 3.43. The highest BCUT2D eigenvalue weighted by molar-refractivity contribution is 6.07. The number of non-ortho nitro benzene ring substituents is 1. The quantitative estimate of drug-likeness (QED) is 0.570. The average Bonchev–Trinajstić information content (AvgIpc) is 2.67. The Bertz CT molecular complexity index is 843. The second-order valence-corrected chi connectivity index (χ2v) is 5.77. The lowest BCUT2D eigenvalue weighted by Crippen LogP contribution is -2.38. The Morgan fingerprint density at radius 3 is 2.41 bits per heavy atom. The molecule has 1 heterocycles. The zero-order valence-corrected chi connectivity index (χ0v) is 15.1. The summed E-state index contributed by atoms with van der Waals surface area (Å²) in [5.41, 5.74) is 0.652. The standard InChI is InChI=1S/C19H20N2O6/c1-3-25-15-9-13(10-16(12-15)26-4-2)19(22)20-7-8-27-18-6-5-14(21(23)24)11-17(18)20/h5-6,9-12H,3-4,7-8H2,1-2H3. The minimum absolute atomic E-state index is 0.102. The number of carbonyl (C=O) groups excluding carboxylic acids is 1. The van der Waals surface area contributed by atoms with Crippen LogP contribution in [0.3, 0.4) is 0 Å². The van der Waals surface area contributed by atoms with Gasteiger partial charge in [-0.25, -0.2) is 0 Å². The van der Waals surface area contributed by atoms with Crippen LogP contribution in [0.2, 0.25) is 0 Å². The molecule has 0 saturated carbocycles. The van der Waals surface area contributed by atoms with E-state index in [4.69, 9.17) is 14.2 Å². The van der Waals surface area contributed by atoms with Crippen LogP contribution in [0, 0.1) is 10.1 Å². The molecule has 0 saturated heterocycles. The van der Waals surface area contributed by atoms with Crippen LogP contribution >= 0.6 is 0 Å². The first kappa shape index (κ1) is 18.5. The molecule has 0 aromatic heterocycles. The first-order valence-electron chi connectivity index (χ1n) is 8.67. The van der Waals surface area contributed by atoms with Crippen LogP contribution in [-0.2, 0) is 0 Å². The van der Waals surface area contributed by atoms with E-state index in [1.54, 1.807) is 18.2 Å². The highest BCUT2D eigenvalue weighted by Gasteiger charge is 2.27. The number of nitro benzene ring substituents is 1. The predicted molar refractivity (Wildman–Crippen MR) is 99.0 cm³/mol. The normalized spacial score (nSPS) is 12.7. The number of benzene rings is 2. The second kappa shape index (κ2) is 7.94. The Balaban J connectivity index is 1.99. The molecule has 1 amide bonds. The highest BCUT2D eigenvalue weighted by Crippen LogP contribution is 2.36. The molecule has 8 nitrogen and oxygen atoms in total. The van der Waals surface area contributed by atoms with Gasteiger partial charge >= 0.3 is 0 Å². The number of hydrogen-bond acceptors (Lipinski definition) is 6. The number of hydrogen-bond donors (Lipinski definition) is 0. The third-order valence-corrected chi connectivity index (χ3v) is 4.01. The summed E-state index contributed by atoms with van der Waals surface area (Å²) < 4.78 is 16.6. The van der Waals surface area contributed by atoms with Crippen molar-refractivity contribution in [3.63, 3.8) is 0 Å². The lowest BCUT2D eigenvalue weighted by Gasteiger charge is -2.29. The van der Waals surface area contributed by atoms with E-state index in [-0.39, 0.29) is 18.1 Å². The number of carbonyl (C=O) groups is 1. The summed E-state index contributed by atoms with van der Waals surface area (Å²) in [6.07, 6.45) is 0. The maximum atomic E-state index is 13.1. The van der Waals surface area contributed by atoms with Crippen molar-refractivity contribution in [3.8, 4) is 17.2 Å². The van der Waals surface area contributed by atoms with Gasteiger partial charge in [0.25, 0.3) is 11.6 Å². The van der Waals surface area contributed by atoms with Gasteiger partial charge in [-0.2, -0.15) is 0 Å². The Morgan fingerprint density at radius 1 is 1.15 bits per heavy atom. The Kier molecular flexibility index (Phi) is 5.44. The van der Waals surface area contributed by atoms with Gasteiger partial charge in [0.15, 0.2) is 0 Å². The molecule has 8 heteroatoms. The van der Waals surface area contributed by atoms with Crippen LogP contribution in [0.15, 0.2) is 36.4 Å². The molecule has 1 aliphatic rings. The summed E-state index contributed by atoms with van der Waals surface area (Å²) in [6, 6.07) is 9.22. The van der Waals surface area contributed by atoms with E-state index >= 15 is 0 Å². The van der Waals surface area contributed by atoms with Crippen molar-refractivity contribution in [1.29, 1.82) is 0 Å². The minimum Gasteiger partial charge on any atom is -0.494 e. The topological polar surface area (TPSA) is 91.1 Å². The molecule has 0 unspecified atom stereocenters. The van der Waals surface area contributed by atoms with Crippen molar-refractivity contribution >= 4 is 17.3 Å². The monoisotopic (exact) mass is 372 g/mol. The van der Waals surface area contributed by atoms with Gasteiger partial charge in [0, 0.05) is 23.8 Å². The average molecular weight is 372 g/mol. The van der Waals surface area contributed by atoms with Gasteiger partial charge in [0.1, 0.15) is 23.9 Å². The third-order valence-electron chi connectivity index (χ3n) is 4.01. The maximum Gasteiger partial charge on any atom is 0.271 e. The molecule has 0 spiro atoms. The SMILES string of the molecule is CCOc1cc(OCC)cc(C(=O)N2CCOc3ccc([N+](=O)[O-])cc32)c1. The molecule has 27 heavy (non-hydrogen) atoms. The molecule has 0 radical (unpaired) electrons. The van der Waals surface area contributed by atoms with Crippen molar-refractivity contribution in [2.45, 2.75) is 13.8 Å². The lowest BCUT2D eigenvalue weighted by atomic mass is 10.1. The van der Waals surface area contributed by atoms with Gasteiger partial charge in [-0.15, -0.1) is 0 Å². The van der Waals surface area contributed by atoms with Crippen molar-refractivity contribution in [2.24, 2.45) is 0 Å². The van der Waals surface area contributed by atoms with Crippen LogP contribution in [0.25, 0.3) is 0 Å². The van der Waals surface area contributed by atoms with Gasteiger partial charge in [-0.3, -0.25) is 14.9 Å². The molecule has 0 fully saturated rings. The summed E-state index contributed by atoms with van der Waals surface area (Å²) in [6.45, 7) is 5.21. The zero-order valence-electron chi connectivity index (χ0n) is 15.1. The van der Waals surface area contributed by atoms with E-state index in [0.717, 1.165) is 0 Å².